The Morgan fingerprint density at radius 1 is 1.40 bits per heavy atom. The van der Waals surface area contributed by atoms with Crippen LogP contribution in [0.5, 0.6) is 5.75 Å². The van der Waals surface area contributed by atoms with Crippen LogP contribution in [0.1, 0.15) is 12.0 Å². The third-order valence-electron chi connectivity index (χ3n) is 3.00. The fourth-order valence-electron chi connectivity index (χ4n) is 1.84. The van der Waals surface area contributed by atoms with Crippen molar-refractivity contribution in [2.24, 2.45) is 0 Å². The number of benzene rings is 1. The second-order valence-electron chi connectivity index (χ2n) is 4.71. The van der Waals surface area contributed by atoms with Crippen molar-refractivity contribution >= 4 is 11.9 Å². The highest BCUT2D eigenvalue weighted by Gasteiger charge is 2.25. The lowest BCUT2D eigenvalue weighted by atomic mass is 10.2. The van der Waals surface area contributed by atoms with Crippen LogP contribution in [0.15, 0.2) is 24.3 Å². The fraction of sp³-hybridized carbons (Fsp3) is 0.429. The second kappa shape index (κ2) is 6.79. The van der Waals surface area contributed by atoms with E-state index in [1.165, 1.54) is 5.56 Å². The number of carbonyl (C=O) groups excluding carboxylic acids is 2. The lowest BCUT2D eigenvalue weighted by Gasteiger charge is -2.10. The van der Waals surface area contributed by atoms with Crippen molar-refractivity contribution in [3.05, 3.63) is 29.8 Å². The minimum absolute atomic E-state index is 0.168. The SMILES string of the molecule is Cc1ccc(OCCCNC(=O)[C@H]2CNC(=O)N2)cc1. The molecule has 1 aromatic carbocycles. The molecule has 0 aliphatic carbocycles. The Morgan fingerprint density at radius 2 is 2.15 bits per heavy atom. The van der Waals surface area contributed by atoms with Gasteiger partial charge in [0.05, 0.1) is 6.61 Å². The lowest BCUT2D eigenvalue weighted by Crippen LogP contribution is -2.43. The maximum Gasteiger partial charge on any atom is 0.315 e. The van der Waals surface area contributed by atoms with Crippen molar-refractivity contribution in [3.8, 4) is 5.75 Å². The molecular formula is C14H19N3O3. The molecule has 1 aliphatic heterocycles. The van der Waals surface area contributed by atoms with Gasteiger partial charge in [-0.25, -0.2) is 4.79 Å². The molecule has 0 radical (unpaired) electrons. The van der Waals surface area contributed by atoms with E-state index in [4.69, 9.17) is 4.74 Å². The first-order chi connectivity index (χ1) is 9.65. The molecule has 0 spiro atoms. The number of urea groups is 1. The molecule has 1 aromatic rings. The summed E-state index contributed by atoms with van der Waals surface area (Å²) in [7, 11) is 0. The number of nitrogens with one attached hydrogen (secondary N) is 3. The van der Waals surface area contributed by atoms with Crippen molar-refractivity contribution in [3.63, 3.8) is 0 Å². The number of rotatable bonds is 6. The largest absolute Gasteiger partial charge is 0.494 e. The number of carbonyl (C=O) groups is 2. The van der Waals surface area contributed by atoms with Gasteiger partial charge in [0.1, 0.15) is 11.8 Å². The van der Waals surface area contributed by atoms with Crippen molar-refractivity contribution in [2.75, 3.05) is 19.7 Å². The van der Waals surface area contributed by atoms with Gasteiger partial charge in [-0.2, -0.15) is 0 Å². The topological polar surface area (TPSA) is 79.5 Å². The molecule has 0 unspecified atom stereocenters. The van der Waals surface area contributed by atoms with E-state index in [1.807, 2.05) is 31.2 Å². The van der Waals surface area contributed by atoms with Gasteiger partial charge >= 0.3 is 6.03 Å². The molecule has 1 aliphatic rings. The van der Waals surface area contributed by atoms with Gasteiger partial charge < -0.3 is 20.7 Å². The molecule has 1 heterocycles. The van der Waals surface area contributed by atoms with E-state index in [1.54, 1.807) is 0 Å². The van der Waals surface area contributed by atoms with Crippen LogP contribution in [-0.2, 0) is 4.79 Å². The minimum Gasteiger partial charge on any atom is -0.494 e. The van der Waals surface area contributed by atoms with Crippen molar-refractivity contribution in [1.82, 2.24) is 16.0 Å². The third kappa shape index (κ3) is 4.15. The highest BCUT2D eigenvalue weighted by atomic mass is 16.5. The first-order valence-electron chi connectivity index (χ1n) is 6.67. The smallest absolute Gasteiger partial charge is 0.315 e. The molecule has 0 bridgehead atoms. The van der Waals surface area contributed by atoms with Crippen molar-refractivity contribution in [1.29, 1.82) is 0 Å². The second-order valence-corrected chi connectivity index (χ2v) is 4.71. The van der Waals surface area contributed by atoms with E-state index in [9.17, 15) is 9.59 Å². The van der Waals surface area contributed by atoms with E-state index in [0.29, 0.717) is 26.1 Å². The predicted molar refractivity (Wildman–Crippen MR) is 74.6 cm³/mol. The zero-order valence-corrected chi connectivity index (χ0v) is 11.4. The van der Waals surface area contributed by atoms with Crippen LogP contribution < -0.4 is 20.7 Å². The van der Waals surface area contributed by atoms with Crippen LogP contribution in [0.2, 0.25) is 0 Å². The van der Waals surface area contributed by atoms with Crippen molar-refractivity contribution in [2.45, 2.75) is 19.4 Å². The molecule has 1 fully saturated rings. The van der Waals surface area contributed by atoms with Crippen molar-refractivity contribution < 1.29 is 14.3 Å². The summed E-state index contributed by atoms with van der Waals surface area (Å²) >= 11 is 0. The molecule has 108 valence electrons. The highest BCUT2D eigenvalue weighted by molar-refractivity contribution is 5.90. The summed E-state index contributed by atoms with van der Waals surface area (Å²) in [5, 5.41) is 7.84. The summed E-state index contributed by atoms with van der Waals surface area (Å²) in [5.41, 5.74) is 1.19. The van der Waals surface area contributed by atoms with Crippen LogP contribution in [0, 0.1) is 6.92 Å². The zero-order chi connectivity index (χ0) is 14.4. The van der Waals surface area contributed by atoms with Gasteiger partial charge in [-0.05, 0) is 25.5 Å². The summed E-state index contributed by atoms with van der Waals surface area (Å²) in [4.78, 5) is 22.5. The van der Waals surface area contributed by atoms with Gasteiger partial charge in [-0.1, -0.05) is 17.7 Å². The van der Waals surface area contributed by atoms with E-state index in [-0.39, 0.29) is 11.9 Å². The van der Waals surface area contributed by atoms with Gasteiger partial charge in [0.25, 0.3) is 0 Å². The van der Waals surface area contributed by atoms with Gasteiger partial charge in [0.2, 0.25) is 5.91 Å². The third-order valence-corrected chi connectivity index (χ3v) is 3.00. The molecule has 6 nitrogen and oxygen atoms in total. The average molecular weight is 277 g/mol. The number of hydrogen-bond donors (Lipinski definition) is 3. The molecule has 3 amide bonds. The van der Waals surface area contributed by atoms with Crippen LogP contribution >= 0.6 is 0 Å². The molecule has 3 N–H and O–H groups in total. The Hall–Kier alpha value is -2.24. The van der Waals surface area contributed by atoms with E-state index in [2.05, 4.69) is 16.0 Å². The van der Waals surface area contributed by atoms with E-state index < -0.39 is 6.04 Å². The van der Waals surface area contributed by atoms with Gasteiger partial charge in [0.15, 0.2) is 0 Å². The van der Waals surface area contributed by atoms with E-state index in [0.717, 1.165) is 5.75 Å². The average Bonchev–Trinajstić information content (AvgIpc) is 2.87. The quantitative estimate of drug-likeness (QED) is 0.665. The summed E-state index contributed by atoms with van der Waals surface area (Å²) in [5.74, 6) is 0.660. The summed E-state index contributed by atoms with van der Waals surface area (Å²) in [6.45, 7) is 3.43. The van der Waals surface area contributed by atoms with Crippen LogP contribution in [0.4, 0.5) is 4.79 Å². The molecule has 1 atom stereocenters. The highest BCUT2D eigenvalue weighted by Crippen LogP contribution is 2.11. The minimum atomic E-state index is -0.472. The molecule has 2 rings (SSSR count). The summed E-state index contributed by atoms with van der Waals surface area (Å²) in [6.07, 6.45) is 0.716. The Balaban J connectivity index is 1.58. The first kappa shape index (κ1) is 14.2. The van der Waals surface area contributed by atoms with Gasteiger partial charge in [-0.3, -0.25) is 4.79 Å². The maximum absolute atomic E-state index is 11.7. The molecule has 20 heavy (non-hydrogen) atoms. The first-order valence-corrected chi connectivity index (χ1v) is 6.67. The predicted octanol–water partition coefficient (Wildman–Crippen LogP) is 0.562. The number of amides is 3. The maximum atomic E-state index is 11.7. The number of hydrogen-bond acceptors (Lipinski definition) is 3. The number of aryl methyl sites for hydroxylation is 1. The standard InChI is InChI=1S/C14H19N3O3/c1-10-3-5-11(6-4-10)20-8-2-7-15-13(18)12-9-16-14(19)17-12/h3-6,12H,2,7-9H2,1H3,(H,15,18)(H2,16,17,19)/t12-/m1/s1. The molecule has 0 saturated carbocycles. The summed E-state index contributed by atoms with van der Waals surface area (Å²) < 4.78 is 5.55. The fourth-order valence-corrected chi connectivity index (χ4v) is 1.84. The van der Waals surface area contributed by atoms with Crippen LogP contribution in [-0.4, -0.2) is 37.7 Å². The monoisotopic (exact) mass is 277 g/mol. The molecular weight excluding hydrogens is 258 g/mol. The Labute approximate surface area is 117 Å². The normalized spacial score (nSPS) is 17.2. The summed E-state index contributed by atoms with van der Waals surface area (Å²) in [6, 6.07) is 7.06. The van der Waals surface area contributed by atoms with Gasteiger partial charge in [0, 0.05) is 13.1 Å². The lowest BCUT2D eigenvalue weighted by molar-refractivity contribution is -0.122. The molecule has 6 heteroatoms. The van der Waals surface area contributed by atoms with Gasteiger partial charge in [-0.15, -0.1) is 0 Å². The Kier molecular flexibility index (Phi) is 4.81. The Bertz CT molecular complexity index is 473. The van der Waals surface area contributed by atoms with E-state index >= 15 is 0 Å². The zero-order valence-electron chi connectivity index (χ0n) is 11.4. The number of ether oxygens (including phenoxy) is 1. The molecule has 1 saturated heterocycles. The Morgan fingerprint density at radius 3 is 2.80 bits per heavy atom. The van der Waals surface area contributed by atoms with Crippen LogP contribution in [0.25, 0.3) is 0 Å². The molecule has 0 aromatic heterocycles. The van der Waals surface area contributed by atoms with Crippen LogP contribution in [0.3, 0.4) is 0 Å².